The molecule has 1 aromatic carbocycles. The van der Waals surface area contributed by atoms with Gasteiger partial charge in [-0.15, -0.1) is 0 Å². The highest BCUT2D eigenvalue weighted by Gasteiger charge is 2.31. The van der Waals surface area contributed by atoms with Crippen LogP contribution in [0.1, 0.15) is 56.7 Å². The van der Waals surface area contributed by atoms with Gasteiger partial charge in [0.25, 0.3) is 0 Å². The van der Waals surface area contributed by atoms with Crippen molar-refractivity contribution >= 4 is 0 Å². The van der Waals surface area contributed by atoms with Crippen molar-refractivity contribution in [1.82, 2.24) is 5.32 Å². The summed E-state index contributed by atoms with van der Waals surface area (Å²) in [7, 11) is 2.02. The van der Waals surface area contributed by atoms with Crippen LogP contribution in [-0.4, -0.2) is 7.05 Å². The second kappa shape index (κ2) is 5.62. The Labute approximate surface area is 116 Å². The molecule has 1 aliphatic carbocycles. The van der Waals surface area contributed by atoms with E-state index in [0.29, 0.717) is 17.4 Å². The predicted octanol–water partition coefficient (Wildman–Crippen LogP) is 4.61. The fourth-order valence-corrected chi connectivity index (χ4v) is 3.39. The first kappa shape index (κ1) is 14.5. The van der Waals surface area contributed by atoms with E-state index in [9.17, 15) is 4.39 Å². The summed E-state index contributed by atoms with van der Waals surface area (Å²) in [6.45, 7) is 6.73. The lowest BCUT2D eigenvalue weighted by Gasteiger charge is -2.38. The van der Waals surface area contributed by atoms with Crippen molar-refractivity contribution in [3.8, 4) is 0 Å². The van der Waals surface area contributed by atoms with Crippen LogP contribution >= 0.6 is 0 Å². The lowest BCUT2D eigenvalue weighted by Crippen LogP contribution is -2.31. The topological polar surface area (TPSA) is 12.0 Å². The smallest absolute Gasteiger partial charge is 0.123 e. The second-order valence-corrected chi connectivity index (χ2v) is 6.77. The molecule has 1 nitrogen and oxygen atoms in total. The minimum absolute atomic E-state index is 0.138. The molecule has 0 aromatic heterocycles. The van der Waals surface area contributed by atoms with E-state index in [1.165, 1.54) is 31.2 Å². The molecule has 1 N–H and O–H groups in total. The zero-order valence-corrected chi connectivity index (χ0v) is 12.6. The van der Waals surface area contributed by atoms with Gasteiger partial charge in [0, 0.05) is 6.04 Å². The van der Waals surface area contributed by atoms with E-state index in [-0.39, 0.29) is 5.82 Å². The van der Waals surface area contributed by atoms with Gasteiger partial charge in [-0.3, -0.25) is 0 Å². The lowest BCUT2D eigenvalue weighted by atomic mass is 9.70. The molecule has 1 aliphatic rings. The van der Waals surface area contributed by atoms with Gasteiger partial charge in [-0.25, -0.2) is 4.39 Å². The van der Waals surface area contributed by atoms with E-state index in [1.807, 2.05) is 20.0 Å². The van der Waals surface area contributed by atoms with Crippen molar-refractivity contribution < 1.29 is 4.39 Å². The molecule has 2 heteroatoms. The van der Waals surface area contributed by atoms with Gasteiger partial charge in [0.2, 0.25) is 0 Å². The normalized spacial score (nSPS) is 21.3. The van der Waals surface area contributed by atoms with Gasteiger partial charge >= 0.3 is 0 Å². The summed E-state index contributed by atoms with van der Waals surface area (Å²) in [6.07, 6.45) is 5.09. The van der Waals surface area contributed by atoms with Gasteiger partial charge in [-0.2, -0.15) is 0 Å². The fourth-order valence-electron chi connectivity index (χ4n) is 3.39. The number of hydrogen-bond acceptors (Lipinski definition) is 1. The van der Waals surface area contributed by atoms with Crippen LogP contribution in [0.2, 0.25) is 0 Å². The monoisotopic (exact) mass is 263 g/mol. The SMILES string of the molecule is CNC(c1ccc(F)cc1C)C1CCC(C)(C)CC1. The van der Waals surface area contributed by atoms with E-state index in [2.05, 4.69) is 19.2 Å². The Balaban J connectivity index is 2.16. The summed E-state index contributed by atoms with van der Waals surface area (Å²) in [4.78, 5) is 0. The lowest BCUT2D eigenvalue weighted by molar-refractivity contribution is 0.164. The summed E-state index contributed by atoms with van der Waals surface area (Å²) in [5, 5.41) is 3.45. The van der Waals surface area contributed by atoms with Crippen LogP contribution < -0.4 is 5.32 Å². The third-order valence-electron chi connectivity index (χ3n) is 4.73. The zero-order chi connectivity index (χ0) is 14.0. The van der Waals surface area contributed by atoms with E-state index >= 15 is 0 Å². The third-order valence-corrected chi connectivity index (χ3v) is 4.73. The molecule has 1 fully saturated rings. The summed E-state index contributed by atoms with van der Waals surface area (Å²) < 4.78 is 13.2. The highest BCUT2D eigenvalue weighted by Crippen LogP contribution is 2.43. The first-order valence-corrected chi connectivity index (χ1v) is 7.36. The molecule has 0 amide bonds. The van der Waals surface area contributed by atoms with Crippen molar-refractivity contribution in [3.05, 3.63) is 35.1 Å². The van der Waals surface area contributed by atoms with Gasteiger partial charge in [0.15, 0.2) is 0 Å². The molecular formula is C17H26FN. The molecule has 19 heavy (non-hydrogen) atoms. The molecule has 2 rings (SSSR count). The van der Waals surface area contributed by atoms with Crippen LogP contribution in [0.4, 0.5) is 4.39 Å². The van der Waals surface area contributed by atoms with E-state index in [1.54, 1.807) is 12.1 Å². The van der Waals surface area contributed by atoms with Gasteiger partial charge in [0.05, 0.1) is 0 Å². The number of rotatable bonds is 3. The minimum atomic E-state index is -0.138. The Hall–Kier alpha value is -0.890. The molecular weight excluding hydrogens is 237 g/mol. The Morgan fingerprint density at radius 1 is 1.26 bits per heavy atom. The maximum atomic E-state index is 13.2. The Morgan fingerprint density at radius 2 is 1.89 bits per heavy atom. The second-order valence-electron chi connectivity index (χ2n) is 6.77. The Morgan fingerprint density at radius 3 is 2.42 bits per heavy atom. The van der Waals surface area contributed by atoms with Gasteiger partial charge < -0.3 is 5.32 Å². The van der Waals surface area contributed by atoms with Crippen molar-refractivity contribution in [2.24, 2.45) is 11.3 Å². The number of aryl methyl sites for hydroxylation is 1. The van der Waals surface area contributed by atoms with Gasteiger partial charge in [-0.1, -0.05) is 19.9 Å². The van der Waals surface area contributed by atoms with Crippen molar-refractivity contribution in [3.63, 3.8) is 0 Å². The summed E-state index contributed by atoms with van der Waals surface area (Å²) in [5.74, 6) is 0.531. The predicted molar refractivity (Wildman–Crippen MR) is 78.7 cm³/mol. The largest absolute Gasteiger partial charge is 0.313 e. The number of benzene rings is 1. The van der Waals surface area contributed by atoms with Crippen LogP contribution in [0.3, 0.4) is 0 Å². The summed E-state index contributed by atoms with van der Waals surface area (Å²) in [5.41, 5.74) is 2.81. The maximum absolute atomic E-state index is 13.2. The quantitative estimate of drug-likeness (QED) is 0.839. The van der Waals surface area contributed by atoms with E-state index < -0.39 is 0 Å². The zero-order valence-electron chi connectivity index (χ0n) is 12.6. The average molecular weight is 263 g/mol. The van der Waals surface area contributed by atoms with E-state index in [0.717, 1.165) is 5.56 Å². The van der Waals surface area contributed by atoms with Crippen molar-refractivity contribution in [2.75, 3.05) is 7.05 Å². The van der Waals surface area contributed by atoms with Crippen LogP contribution in [-0.2, 0) is 0 Å². The average Bonchev–Trinajstić information content (AvgIpc) is 2.34. The standard InChI is InChI=1S/C17H26FN/c1-12-11-14(18)5-6-15(12)16(19-4)13-7-9-17(2,3)10-8-13/h5-6,11,13,16,19H,7-10H2,1-4H3. The molecule has 1 atom stereocenters. The minimum Gasteiger partial charge on any atom is -0.313 e. The molecule has 0 radical (unpaired) electrons. The van der Waals surface area contributed by atoms with Crippen LogP contribution in [0, 0.1) is 24.1 Å². The maximum Gasteiger partial charge on any atom is 0.123 e. The Kier molecular flexibility index (Phi) is 4.29. The molecule has 0 spiro atoms. The molecule has 1 unspecified atom stereocenters. The molecule has 1 aromatic rings. The van der Waals surface area contributed by atoms with Crippen LogP contribution in [0.25, 0.3) is 0 Å². The molecule has 0 saturated heterocycles. The van der Waals surface area contributed by atoms with Crippen LogP contribution in [0.15, 0.2) is 18.2 Å². The third kappa shape index (κ3) is 3.36. The van der Waals surface area contributed by atoms with Crippen molar-refractivity contribution in [2.45, 2.75) is 52.5 Å². The number of halogens is 1. The molecule has 1 saturated carbocycles. The first-order valence-electron chi connectivity index (χ1n) is 7.36. The first-order chi connectivity index (χ1) is 8.93. The van der Waals surface area contributed by atoms with Crippen LogP contribution in [0.5, 0.6) is 0 Å². The van der Waals surface area contributed by atoms with Gasteiger partial charge in [-0.05, 0) is 74.2 Å². The van der Waals surface area contributed by atoms with E-state index in [4.69, 9.17) is 0 Å². The highest BCUT2D eigenvalue weighted by atomic mass is 19.1. The molecule has 0 aliphatic heterocycles. The number of nitrogens with one attached hydrogen (secondary N) is 1. The van der Waals surface area contributed by atoms with Crippen molar-refractivity contribution in [1.29, 1.82) is 0 Å². The fraction of sp³-hybridized carbons (Fsp3) is 0.647. The number of hydrogen-bond donors (Lipinski definition) is 1. The summed E-state index contributed by atoms with van der Waals surface area (Å²) >= 11 is 0. The molecule has 106 valence electrons. The Bertz CT molecular complexity index is 429. The van der Waals surface area contributed by atoms with Gasteiger partial charge in [0.1, 0.15) is 5.82 Å². The molecule has 0 bridgehead atoms. The summed E-state index contributed by atoms with van der Waals surface area (Å²) in [6, 6.07) is 5.54. The molecule has 0 heterocycles. The highest BCUT2D eigenvalue weighted by molar-refractivity contribution is 5.30.